The molecule has 0 spiro atoms. The number of hydrogen-bond acceptors (Lipinski definition) is 5. The van der Waals surface area contributed by atoms with E-state index in [1.807, 2.05) is 6.92 Å². The van der Waals surface area contributed by atoms with Gasteiger partial charge < -0.3 is 20.1 Å². The molecule has 0 aromatic heterocycles. The van der Waals surface area contributed by atoms with E-state index in [1.165, 1.54) is 70.3 Å². The molecule has 0 saturated carbocycles. The second kappa shape index (κ2) is 21.4. The minimum Gasteiger partial charge on any atom is -0.463 e. The molecule has 0 saturated heterocycles. The fraction of sp³-hybridized carbons (Fsp3) is 0.864. The average Bonchev–Trinajstić information content (AvgIpc) is 2.71. The smallest absolute Gasteiger partial charge is 0.330 e. The predicted octanol–water partition coefficient (Wildman–Crippen LogP) is 4.39. The molecule has 3 N–H and O–H groups in total. The normalized spacial score (nSPS) is 10.9. The molecule has 0 aromatic rings. The fourth-order valence-corrected chi connectivity index (χ4v) is 2.48. The van der Waals surface area contributed by atoms with Crippen LogP contribution in [0.4, 0.5) is 0 Å². The summed E-state index contributed by atoms with van der Waals surface area (Å²) in [7, 11) is 0. The molecule has 0 heterocycles. The lowest BCUT2D eigenvalue weighted by atomic mass is 9.88. The Hall–Kier alpha value is -0.910. The lowest BCUT2D eigenvalue weighted by Crippen LogP contribution is -2.32. The van der Waals surface area contributed by atoms with Crippen LogP contribution in [0.5, 0.6) is 0 Å². The summed E-state index contributed by atoms with van der Waals surface area (Å²) in [6.45, 7) is 7.51. The van der Waals surface area contributed by atoms with Gasteiger partial charge in [-0.15, -0.1) is 0 Å². The Morgan fingerprint density at radius 3 is 1.52 bits per heavy atom. The van der Waals surface area contributed by atoms with E-state index in [9.17, 15) is 4.79 Å². The number of ether oxygens (including phenoxy) is 1. The minimum absolute atomic E-state index is 0.156. The van der Waals surface area contributed by atoms with Crippen molar-refractivity contribution in [2.45, 2.75) is 90.9 Å². The molecular formula is C22H44O5. The van der Waals surface area contributed by atoms with Crippen molar-refractivity contribution in [2.24, 2.45) is 5.41 Å². The Morgan fingerprint density at radius 1 is 0.815 bits per heavy atom. The molecule has 5 heteroatoms. The maximum atomic E-state index is 10.8. The van der Waals surface area contributed by atoms with E-state index >= 15 is 0 Å². The second-order valence-corrected chi connectivity index (χ2v) is 7.24. The van der Waals surface area contributed by atoms with Gasteiger partial charge in [0.2, 0.25) is 0 Å². The number of carbonyl (C=O) groups excluding carboxylic acids is 1. The van der Waals surface area contributed by atoms with Gasteiger partial charge in [0.15, 0.2) is 0 Å². The number of esters is 1. The van der Waals surface area contributed by atoms with Crippen molar-refractivity contribution in [2.75, 3.05) is 26.4 Å². The zero-order chi connectivity index (χ0) is 20.8. The van der Waals surface area contributed by atoms with Gasteiger partial charge in [-0.2, -0.15) is 0 Å². The standard InChI is InChI=1S/C16H30O2.C6H14O3/c1-3-5-6-7-8-9-10-11-12-13-14-15-18-16(17)4-2;1-2-6(3-7,4-8)5-9/h4H,2-3,5-15H2,1H3;7-9H,2-5H2,1H3. The van der Waals surface area contributed by atoms with Crippen LogP contribution in [0.25, 0.3) is 0 Å². The lowest BCUT2D eigenvalue weighted by molar-refractivity contribution is -0.137. The van der Waals surface area contributed by atoms with Gasteiger partial charge >= 0.3 is 5.97 Å². The van der Waals surface area contributed by atoms with Crippen LogP contribution in [0.2, 0.25) is 0 Å². The summed E-state index contributed by atoms with van der Waals surface area (Å²) < 4.78 is 4.92. The van der Waals surface area contributed by atoms with E-state index in [0.717, 1.165) is 6.42 Å². The first-order valence-corrected chi connectivity index (χ1v) is 10.7. The maximum absolute atomic E-state index is 10.8. The number of hydrogen-bond donors (Lipinski definition) is 3. The van der Waals surface area contributed by atoms with Crippen molar-refractivity contribution in [1.29, 1.82) is 0 Å². The third-order valence-electron chi connectivity index (χ3n) is 4.92. The number of rotatable bonds is 17. The van der Waals surface area contributed by atoms with Gasteiger partial charge in [0, 0.05) is 11.5 Å². The molecule has 0 fully saturated rings. The summed E-state index contributed by atoms with van der Waals surface area (Å²) >= 11 is 0. The molecule has 0 unspecified atom stereocenters. The summed E-state index contributed by atoms with van der Waals surface area (Å²) in [6, 6.07) is 0. The third kappa shape index (κ3) is 18.2. The summed E-state index contributed by atoms with van der Waals surface area (Å²) in [5.74, 6) is -0.304. The summed E-state index contributed by atoms with van der Waals surface area (Å²) in [4.78, 5) is 10.8. The van der Waals surface area contributed by atoms with E-state index < -0.39 is 5.41 Å². The Balaban J connectivity index is 0. The topological polar surface area (TPSA) is 87.0 Å². The predicted molar refractivity (Wildman–Crippen MR) is 112 cm³/mol. The van der Waals surface area contributed by atoms with Crippen LogP contribution in [0.3, 0.4) is 0 Å². The van der Waals surface area contributed by atoms with Crippen LogP contribution >= 0.6 is 0 Å². The largest absolute Gasteiger partial charge is 0.463 e. The van der Waals surface area contributed by atoms with Crippen LogP contribution in [0.15, 0.2) is 12.7 Å². The highest BCUT2D eigenvalue weighted by Crippen LogP contribution is 2.18. The minimum atomic E-state index is -0.667. The SMILES string of the molecule is C=CC(=O)OCCCCCCCCCCCCC.CCC(CO)(CO)CO. The van der Waals surface area contributed by atoms with Gasteiger partial charge in [-0.1, -0.05) is 84.6 Å². The van der Waals surface area contributed by atoms with Crippen LogP contribution < -0.4 is 0 Å². The van der Waals surface area contributed by atoms with Gasteiger partial charge in [-0.25, -0.2) is 4.79 Å². The van der Waals surface area contributed by atoms with Gasteiger partial charge in [-0.05, 0) is 12.8 Å². The monoisotopic (exact) mass is 388 g/mol. The van der Waals surface area contributed by atoms with Crippen LogP contribution in [-0.2, 0) is 9.53 Å². The van der Waals surface area contributed by atoms with Crippen LogP contribution in [-0.4, -0.2) is 47.7 Å². The zero-order valence-electron chi connectivity index (χ0n) is 17.8. The molecule has 0 aromatic carbocycles. The second-order valence-electron chi connectivity index (χ2n) is 7.24. The summed E-state index contributed by atoms with van der Waals surface area (Å²) in [6.07, 6.45) is 16.2. The fourth-order valence-electron chi connectivity index (χ4n) is 2.48. The molecule has 0 aliphatic heterocycles. The Labute approximate surface area is 166 Å². The van der Waals surface area contributed by atoms with Crippen molar-refractivity contribution in [3.8, 4) is 0 Å². The number of aliphatic hydroxyl groups is 3. The van der Waals surface area contributed by atoms with E-state index in [1.54, 1.807) is 0 Å². The maximum Gasteiger partial charge on any atom is 0.330 e. The van der Waals surface area contributed by atoms with Crippen molar-refractivity contribution >= 4 is 5.97 Å². The van der Waals surface area contributed by atoms with E-state index in [4.69, 9.17) is 20.1 Å². The molecule has 27 heavy (non-hydrogen) atoms. The van der Waals surface area contributed by atoms with E-state index in [-0.39, 0.29) is 25.8 Å². The molecule has 0 radical (unpaired) electrons. The first-order valence-electron chi connectivity index (χ1n) is 10.7. The molecule has 0 aliphatic carbocycles. The molecule has 162 valence electrons. The quantitative estimate of drug-likeness (QED) is 0.195. The van der Waals surface area contributed by atoms with Gasteiger partial charge in [-0.3, -0.25) is 0 Å². The Kier molecular flexibility index (Phi) is 22.4. The van der Waals surface area contributed by atoms with Crippen molar-refractivity contribution < 1.29 is 24.9 Å². The lowest BCUT2D eigenvalue weighted by Gasteiger charge is -2.24. The third-order valence-corrected chi connectivity index (χ3v) is 4.92. The average molecular weight is 389 g/mol. The first-order chi connectivity index (χ1) is 13.1. The van der Waals surface area contributed by atoms with Crippen LogP contribution in [0.1, 0.15) is 90.9 Å². The summed E-state index contributed by atoms with van der Waals surface area (Å²) in [5.41, 5.74) is -0.667. The van der Waals surface area contributed by atoms with Crippen molar-refractivity contribution in [3.05, 3.63) is 12.7 Å². The number of carbonyl (C=O) groups is 1. The van der Waals surface area contributed by atoms with E-state index in [2.05, 4.69) is 13.5 Å². The molecule has 0 aliphatic rings. The molecule has 0 atom stereocenters. The molecule has 5 nitrogen and oxygen atoms in total. The van der Waals surface area contributed by atoms with Crippen molar-refractivity contribution in [1.82, 2.24) is 0 Å². The zero-order valence-corrected chi connectivity index (χ0v) is 17.8. The first kappa shape index (κ1) is 28.3. The van der Waals surface area contributed by atoms with E-state index in [0.29, 0.717) is 13.0 Å². The molecule has 0 amide bonds. The highest BCUT2D eigenvalue weighted by atomic mass is 16.5. The van der Waals surface area contributed by atoms with Crippen molar-refractivity contribution in [3.63, 3.8) is 0 Å². The molecule has 0 rings (SSSR count). The molecule has 0 bridgehead atoms. The number of aliphatic hydroxyl groups excluding tert-OH is 3. The van der Waals surface area contributed by atoms with Crippen LogP contribution in [0, 0.1) is 5.41 Å². The Bertz CT molecular complexity index is 309. The molecular weight excluding hydrogens is 344 g/mol. The van der Waals surface area contributed by atoms with Gasteiger partial charge in [0.25, 0.3) is 0 Å². The number of unbranched alkanes of at least 4 members (excludes halogenated alkanes) is 10. The highest BCUT2D eigenvalue weighted by molar-refractivity contribution is 5.81. The Morgan fingerprint density at radius 2 is 1.22 bits per heavy atom. The van der Waals surface area contributed by atoms with Gasteiger partial charge in [0.1, 0.15) is 0 Å². The summed E-state index contributed by atoms with van der Waals surface area (Å²) in [5, 5.41) is 26.0. The van der Waals surface area contributed by atoms with Gasteiger partial charge in [0.05, 0.1) is 26.4 Å². The highest BCUT2D eigenvalue weighted by Gasteiger charge is 2.24.